The minimum Gasteiger partial charge on any atom is -0.459 e. The summed E-state index contributed by atoms with van der Waals surface area (Å²) in [6, 6.07) is 17.9. The van der Waals surface area contributed by atoms with Crippen molar-refractivity contribution in [3.63, 3.8) is 0 Å². The lowest BCUT2D eigenvalue weighted by molar-refractivity contribution is -0.818. The Labute approximate surface area is 285 Å². The topological polar surface area (TPSA) is 132 Å². The molecule has 4 atom stereocenters. The molecule has 2 aromatic carbocycles. The molecule has 0 saturated carbocycles. The Hall–Kier alpha value is -3.64. The van der Waals surface area contributed by atoms with Crippen molar-refractivity contribution < 1.29 is 38.0 Å². The Morgan fingerprint density at radius 1 is 0.938 bits per heavy atom. The van der Waals surface area contributed by atoms with E-state index < -0.39 is 52.1 Å². The molecule has 0 spiro atoms. The van der Waals surface area contributed by atoms with Crippen LogP contribution in [-0.4, -0.2) is 65.8 Å². The Balaban J connectivity index is 1.95. The van der Waals surface area contributed by atoms with Crippen LogP contribution >= 0.6 is 0 Å². The molecular formula is C37H55N4O7+. The summed E-state index contributed by atoms with van der Waals surface area (Å²) in [5.41, 5.74) is 3.43. The third-order valence-electron chi connectivity index (χ3n) is 8.34. The highest BCUT2D eigenvalue weighted by molar-refractivity contribution is 5.87. The van der Waals surface area contributed by atoms with Gasteiger partial charge in [0, 0.05) is 13.0 Å². The predicted molar refractivity (Wildman–Crippen MR) is 183 cm³/mol. The lowest BCUT2D eigenvalue weighted by atomic mass is 9.93. The van der Waals surface area contributed by atoms with E-state index in [1.54, 1.807) is 20.8 Å². The van der Waals surface area contributed by atoms with Gasteiger partial charge in [-0.2, -0.15) is 4.79 Å². The molecule has 1 heterocycles. The predicted octanol–water partition coefficient (Wildman–Crippen LogP) is 5.39. The van der Waals surface area contributed by atoms with Gasteiger partial charge in [0.05, 0.1) is 19.1 Å². The summed E-state index contributed by atoms with van der Waals surface area (Å²) in [6.45, 7) is 12.0. The molecule has 1 unspecified atom stereocenters. The van der Waals surface area contributed by atoms with Crippen LogP contribution in [0.1, 0.15) is 84.8 Å². The maximum Gasteiger partial charge on any atom is 0.525 e. The number of carbonyl (C=O) groups excluding carboxylic acids is 4. The quantitative estimate of drug-likeness (QED) is 0.0934. The van der Waals surface area contributed by atoms with Crippen molar-refractivity contribution in [2.45, 2.75) is 105 Å². The third-order valence-corrected chi connectivity index (χ3v) is 8.34. The van der Waals surface area contributed by atoms with Gasteiger partial charge in [0.25, 0.3) is 0 Å². The number of benzene rings is 2. The number of rotatable bonds is 16. The monoisotopic (exact) mass is 667 g/mol. The van der Waals surface area contributed by atoms with Gasteiger partial charge in [-0.1, -0.05) is 101 Å². The molecule has 0 bridgehead atoms. The number of hydroxylamine groups is 1. The van der Waals surface area contributed by atoms with Crippen molar-refractivity contribution in [2.24, 2.45) is 11.8 Å². The maximum atomic E-state index is 14.9. The van der Waals surface area contributed by atoms with Crippen LogP contribution in [0.5, 0.6) is 0 Å². The number of hydrogen-bond donors (Lipinski definition) is 3. The highest BCUT2D eigenvalue weighted by atomic mass is 16.6. The van der Waals surface area contributed by atoms with Gasteiger partial charge >= 0.3 is 18.0 Å². The number of quaternary nitrogens is 1. The smallest absolute Gasteiger partial charge is 0.459 e. The molecule has 1 aliphatic heterocycles. The zero-order chi connectivity index (χ0) is 35.2. The Morgan fingerprint density at radius 2 is 1.56 bits per heavy atom. The van der Waals surface area contributed by atoms with E-state index in [1.165, 1.54) is 0 Å². The first-order valence-electron chi connectivity index (χ1n) is 17.1. The van der Waals surface area contributed by atoms with Crippen molar-refractivity contribution in [3.8, 4) is 0 Å². The van der Waals surface area contributed by atoms with Crippen LogP contribution in [0.15, 0.2) is 60.7 Å². The molecule has 1 aliphatic rings. The summed E-state index contributed by atoms with van der Waals surface area (Å²) in [7, 11) is 0. The van der Waals surface area contributed by atoms with Crippen molar-refractivity contribution >= 4 is 23.9 Å². The van der Waals surface area contributed by atoms with Crippen LogP contribution in [0.3, 0.4) is 0 Å². The normalized spacial score (nSPS) is 19.3. The lowest BCUT2D eigenvalue weighted by Crippen LogP contribution is -2.76. The van der Waals surface area contributed by atoms with E-state index in [0.717, 1.165) is 24.0 Å². The summed E-state index contributed by atoms with van der Waals surface area (Å²) in [5.74, 6) is -2.37. The second-order valence-electron chi connectivity index (χ2n) is 13.8. The zero-order valence-electron chi connectivity index (χ0n) is 29.5. The fraction of sp³-hybridized carbons (Fsp3) is 0.568. The van der Waals surface area contributed by atoms with Crippen LogP contribution in [0.25, 0.3) is 0 Å². The fourth-order valence-corrected chi connectivity index (χ4v) is 5.82. The van der Waals surface area contributed by atoms with Crippen LogP contribution < -0.4 is 16.1 Å². The van der Waals surface area contributed by atoms with E-state index in [0.29, 0.717) is 19.4 Å². The van der Waals surface area contributed by atoms with Gasteiger partial charge < -0.3 is 14.8 Å². The van der Waals surface area contributed by atoms with E-state index >= 15 is 0 Å². The number of imide groups is 1. The van der Waals surface area contributed by atoms with Gasteiger partial charge in [0.15, 0.2) is 6.17 Å². The number of unbranched alkanes of at least 4 members (excludes halogenated alkanes) is 2. The van der Waals surface area contributed by atoms with E-state index in [9.17, 15) is 19.2 Å². The van der Waals surface area contributed by atoms with Crippen molar-refractivity contribution in [3.05, 3.63) is 71.8 Å². The molecule has 264 valence electrons. The molecule has 3 N–H and O–H groups in total. The number of nitrogens with one attached hydrogen (secondary N) is 3. The van der Waals surface area contributed by atoms with Crippen LogP contribution in [0.2, 0.25) is 0 Å². The third kappa shape index (κ3) is 11.5. The Bertz CT molecular complexity index is 1320. The second-order valence-corrected chi connectivity index (χ2v) is 13.8. The SMILES string of the molecule is CCCCC[C@H](CC(=O)NOCc1ccccc1)C(=O)[N+]1(C(=O)OCc2ccccc2)CCNC[C@H]1N[C@H](C(=O)OC(C)(C)C)C(C)C. The summed E-state index contributed by atoms with van der Waals surface area (Å²) >= 11 is 0. The number of ether oxygens (including phenoxy) is 2. The molecule has 3 rings (SSSR count). The van der Waals surface area contributed by atoms with Crippen LogP contribution in [0.4, 0.5) is 4.79 Å². The van der Waals surface area contributed by atoms with E-state index in [2.05, 4.69) is 23.0 Å². The molecule has 3 amide bonds. The molecule has 0 aliphatic carbocycles. The lowest BCUT2D eigenvalue weighted by Gasteiger charge is -2.44. The minimum absolute atomic E-state index is 0.0267. The van der Waals surface area contributed by atoms with Gasteiger partial charge in [0.1, 0.15) is 24.8 Å². The standard InChI is InChI=1S/C37H54N4O7/c1-7-8-11-20-30(23-32(42)40-47-26-29-18-14-10-15-19-29)34(43)41(36(45)46-25-28-16-12-9-13-17-28)22-21-38-24-31(41)39-33(27(2)3)35(44)48-37(4,5)6/h9-10,12-19,27,30-31,33,38-39H,7-8,11,20-26H2,1-6H3/p+1/t30-,31+,33+,41?/m1/s1. The largest absolute Gasteiger partial charge is 0.525 e. The zero-order valence-corrected chi connectivity index (χ0v) is 29.5. The first-order valence-corrected chi connectivity index (χ1v) is 17.1. The molecule has 11 heteroatoms. The summed E-state index contributed by atoms with van der Waals surface area (Å²) in [5, 5.41) is 6.64. The molecule has 1 fully saturated rings. The van der Waals surface area contributed by atoms with Gasteiger partial charge in [0.2, 0.25) is 5.91 Å². The highest BCUT2D eigenvalue weighted by Crippen LogP contribution is 2.29. The number of nitrogens with zero attached hydrogens (tertiary/aromatic N) is 1. The fourth-order valence-electron chi connectivity index (χ4n) is 5.82. The summed E-state index contributed by atoms with van der Waals surface area (Å²) < 4.78 is 10.9. The molecule has 2 aromatic rings. The number of hydrogen-bond acceptors (Lipinski definition) is 9. The average Bonchev–Trinajstić information content (AvgIpc) is 3.05. The second kappa shape index (κ2) is 18.8. The Morgan fingerprint density at radius 3 is 2.15 bits per heavy atom. The number of amides is 3. The minimum atomic E-state index is -0.861. The first-order chi connectivity index (χ1) is 22.9. The van der Waals surface area contributed by atoms with Crippen molar-refractivity contribution in [1.82, 2.24) is 16.1 Å². The Kier molecular flexibility index (Phi) is 15.2. The highest BCUT2D eigenvalue weighted by Gasteiger charge is 2.57. The van der Waals surface area contributed by atoms with Crippen LogP contribution in [0, 0.1) is 11.8 Å². The van der Waals surface area contributed by atoms with Gasteiger partial charge in [-0.3, -0.25) is 19.7 Å². The van der Waals surface area contributed by atoms with Gasteiger partial charge in [-0.05, 0) is 44.2 Å². The number of esters is 1. The maximum absolute atomic E-state index is 14.9. The van der Waals surface area contributed by atoms with E-state index in [4.69, 9.17) is 14.3 Å². The molecule has 0 aromatic heterocycles. The van der Waals surface area contributed by atoms with E-state index in [-0.39, 0.29) is 38.6 Å². The van der Waals surface area contributed by atoms with Gasteiger partial charge in [-0.25, -0.2) is 10.3 Å². The molecular weight excluding hydrogens is 612 g/mol. The number of piperazine rings is 1. The molecule has 1 saturated heterocycles. The van der Waals surface area contributed by atoms with Crippen molar-refractivity contribution in [1.29, 1.82) is 0 Å². The molecule has 0 radical (unpaired) electrons. The molecule has 11 nitrogen and oxygen atoms in total. The van der Waals surface area contributed by atoms with Crippen molar-refractivity contribution in [2.75, 3.05) is 19.6 Å². The number of carbonyl (C=O) groups is 4. The van der Waals surface area contributed by atoms with Gasteiger partial charge in [-0.15, -0.1) is 4.48 Å². The van der Waals surface area contributed by atoms with Crippen LogP contribution in [-0.2, 0) is 41.9 Å². The average molecular weight is 668 g/mol. The first kappa shape index (κ1) is 38.8. The summed E-state index contributed by atoms with van der Waals surface area (Å²) in [6.07, 6.45) is 1.15. The molecule has 48 heavy (non-hydrogen) atoms. The summed E-state index contributed by atoms with van der Waals surface area (Å²) in [4.78, 5) is 61.4. The van der Waals surface area contributed by atoms with E-state index in [1.807, 2.05) is 74.5 Å².